The van der Waals surface area contributed by atoms with Gasteiger partial charge in [0.25, 0.3) is 0 Å². The minimum atomic E-state index is -0.238. The van der Waals surface area contributed by atoms with Crippen molar-refractivity contribution < 1.29 is 9.53 Å². The molecule has 0 saturated heterocycles. The van der Waals surface area contributed by atoms with Crippen molar-refractivity contribution in [3.63, 3.8) is 0 Å². The van der Waals surface area contributed by atoms with Crippen LogP contribution in [0, 0.1) is 0 Å². The average Bonchev–Trinajstić information content (AvgIpc) is 2.93. The summed E-state index contributed by atoms with van der Waals surface area (Å²) >= 11 is 1.24. The molecule has 130 valence electrons. The van der Waals surface area contributed by atoms with Crippen LogP contribution in [0.4, 0.5) is 5.69 Å². The van der Waals surface area contributed by atoms with Crippen molar-refractivity contribution in [3.8, 4) is 5.75 Å². The highest BCUT2D eigenvalue weighted by Crippen LogP contribution is 2.17. The number of benzene rings is 1. The Balaban J connectivity index is 1.88. The molecule has 0 spiro atoms. The van der Waals surface area contributed by atoms with Gasteiger partial charge in [0.05, 0.1) is 12.4 Å². The van der Waals surface area contributed by atoms with Gasteiger partial charge in [0.15, 0.2) is 5.16 Å². The van der Waals surface area contributed by atoms with Crippen LogP contribution in [0.2, 0.25) is 0 Å². The number of aromatic amines is 1. The summed E-state index contributed by atoms with van der Waals surface area (Å²) in [6.45, 7) is 5.19. The zero-order valence-corrected chi connectivity index (χ0v) is 14.7. The lowest BCUT2D eigenvalue weighted by atomic mass is 10.3. The van der Waals surface area contributed by atoms with Crippen LogP contribution >= 0.6 is 11.8 Å². The second kappa shape index (κ2) is 9.17. The smallest absolute Gasteiger partial charge is 0.343 e. The second-order valence-corrected chi connectivity index (χ2v) is 6.05. The summed E-state index contributed by atoms with van der Waals surface area (Å²) in [7, 11) is 0. The number of hydrogen-bond donors (Lipinski definition) is 2. The van der Waals surface area contributed by atoms with Crippen molar-refractivity contribution in [2.45, 2.75) is 38.4 Å². The minimum absolute atomic E-state index is 0.151. The molecule has 1 aromatic carbocycles. The normalized spacial score (nSPS) is 10.6. The van der Waals surface area contributed by atoms with Crippen LogP contribution in [0.5, 0.6) is 5.75 Å². The molecule has 0 aliphatic carbocycles. The number of ether oxygens (including phenoxy) is 1. The fourth-order valence-corrected chi connectivity index (χ4v) is 2.83. The SMILES string of the molecule is CCCCn1c(SCC(=O)Nc2ccc(OCC)cc2)n[nH]c1=O. The zero-order chi connectivity index (χ0) is 17.4. The molecule has 1 heterocycles. The van der Waals surface area contributed by atoms with Crippen LogP contribution in [0.15, 0.2) is 34.2 Å². The summed E-state index contributed by atoms with van der Waals surface area (Å²) in [5.41, 5.74) is 0.465. The largest absolute Gasteiger partial charge is 0.494 e. The van der Waals surface area contributed by atoms with Gasteiger partial charge in [-0.2, -0.15) is 0 Å². The number of carbonyl (C=O) groups is 1. The van der Waals surface area contributed by atoms with Crippen molar-refractivity contribution in [2.75, 3.05) is 17.7 Å². The second-order valence-electron chi connectivity index (χ2n) is 5.11. The molecule has 7 nitrogen and oxygen atoms in total. The number of amides is 1. The zero-order valence-electron chi connectivity index (χ0n) is 13.9. The molecule has 2 rings (SSSR count). The number of H-pyrrole nitrogens is 1. The highest BCUT2D eigenvalue weighted by molar-refractivity contribution is 7.99. The Morgan fingerprint density at radius 3 is 2.75 bits per heavy atom. The van der Waals surface area contributed by atoms with Gasteiger partial charge >= 0.3 is 5.69 Å². The Bertz CT molecular complexity index is 709. The summed E-state index contributed by atoms with van der Waals surface area (Å²) < 4.78 is 6.93. The Labute approximate surface area is 144 Å². The molecule has 24 heavy (non-hydrogen) atoms. The molecule has 0 saturated carbocycles. The van der Waals surface area contributed by atoms with E-state index in [1.807, 2.05) is 19.1 Å². The van der Waals surface area contributed by atoms with Crippen molar-refractivity contribution in [2.24, 2.45) is 0 Å². The lowest BCUT2D eigenvalue weighted by Crippen LogP contribution is -2.19. The summed E-state index contributed by atoms with van der Waals surface area (Å²) in [6, 6.07) is 7.20. The van der Waals surface area contributed by atoms with Gasteiger partial charge in [0.1, 0.15) is 5.75 Å². The fraction of sp³-hybridized carbons (Fsp3) is 0.438. The first-order chi connectivity index (χ1) is 11.6. The van der Waals surface area contributed by atoms with Crippen LogP contribution in [0.25, 0.3) is 0 Å². The van der Waals surface area contributed by atoms with Crippen LogP contribution < -0.4 is 15.7 Å². The van der Waals surface area contributed by atoms with Gasteiger partial charge in [0, 0.05) is 12.2 Å². The van der Waals surface area contributed by atoms with Crippen LogP contribution in [-0.2, 0) is 11.3 Å². The van der Waals surface area contributed by atoms with Gasteiger partial charge in [0.2, 0.25) is 5.91 Å². The van der Waals surface area contributed by atoms with Crippen molar-refractivity contribution in [1.82, 2.24) is 14.8 Å². The predicted octanol–water partition coefficient (Wildman–Crippen LogP) is 2.50. The van der Waals surface area contributed by atoms with Crippen LogP contribution in [0.1, 0.15) is 26.7 Å². The van der Waals surface area contributed by atoms with E-state index >= 15 is 0 Å². The van der Waals surface area contributed by atoms with E-state index < -0.39 is 0 Å². The van der Waals surface area contributed by atoms with E-state index in [2.05, 4.69) is 22.4 Å². The molecule has 2 N–H and O–H groups in total. The molecule has 0 unspecified atom stereocenters. The van der Waals surface area contributed by atoms with E-state index in [9.17, 15) is 9.59 Å². The standard InChI is InChI=1S/C16H22N4O3S/c1-3-5-10-20-15(22)18-19-16(20)24-11-14(21)17-12-6-8-13(9-7-12)23-4-2/h6-9H,3-5,10-11H2,1-2H3,(H,17,21)(H,18,22). The number of anilines is 1. The number of aromatic nitrogens is 3. The number of hydrogen-bond acceptors (Lipinski definition) is 5. The predicted molar refractivity (Wildman–Crippen MR) is 94.7 cm³/mol. The van der Waals surface area contributed by atoms with Gasteiger partial charge in [-0.05, 0) is 37.6 Å². The van der Waals surface area contributed by atoms with E-state index in [1.165, 1.54) is 11.8 Å². The van der Waals surface area contributed by atoms with Crippen molar-refractivity contribution in [1.29, 1.82) is 0 Å². The van der Waals surface area contributed by atoms with Gasteiger partial charge < -0.3 is 10.1 Å². The molecule has 2 aromatic rings. The maximum atomic E-state index is 12.0. The third-order valence-corrected chi connectivity index (χ3v) is 4.22. The first kappa shape index (κ1) is 18.1. The number of rotatable bonds is 9. The molecule has 1 amide bonds. The van der Waals surface area contributed by atoms with E-state index in [0.29, 0.717) is 24.0 Å². The Morgan fingerprint density at radius 2 is 2.08 bits per heavy atom. The van der Waals surface area contributed by atoms with E-state index in [4.69, 9.17) is 4.74 Å². The molecular formula is C16H22N4O3S. The van der Waals surface area contributed by atoms with Gasteiger partial charge in [-0.1, -0.05) is 25.1 Å². The number of carbonyl (C=O) groups excluding carboxylic acids is 1. The molecule has 0 aliphatic rings. The van der Waals surface area contributed by atoms with E-state index in [0.717, 1.165) is 18.6 Å². The topological polar surface area (TPSA) is 89.0 Å². The molecule has 0 radical (unpaired) electrons. The molecule has 0 bridgehead atoms. The molecule has 8 heteroatoms. The van der Waals surface area contributed by atoms with Gasteiger partial charge in [-0.3, -0.25) is 9.36 Å². The summed E-state index contributed by atoms with van der Waals surface area (Å²) in [4.78, 5) is 23.7. The molecule has 1 aromatic heterocycles. The summed E-state index contributed by atoms with van der Waals surface area (Å²) in [6.07, 6.45) is 1.88. The number of unbranched alkanes of at least 4 members (excludes halogenated alkanes) is 1. The monoisotopic (exact) mass is 350 g/mol. The van der Waals surface area contributed by atoms with Crippen LogP contribution in [0.3, 0.4) is 0 Å². The molecule has 0 fully saturated rings. The Hall–Kier alpha value is -2.22. The van der Waals surface area contributed by atoms with E-state index in [1.54, 1.807) is 16.7 Å². The summed E-state index contributed by atoms with van der Waals surface area (Å²) in [5.74, 6) is 0.798. The number of nitrogens with one attached hydrogen (secondary N) is 2. The average molecular weight is 350 g/mol. The lowest BCUT2D eigenvalue weighted by molar-refractivity contribution is -0.113. The quantitative estimate of drug-likeness (QED) is 0.678. The highest BCUT2D eigenvalue weighted by atomic mass is 32.2. The maximum Gasteiger partial charge on any atom is 0.343 e. The van der Waals surface area contributed by atoms with Crippen molar-refractivity contribution in [3.05, 3.63) is 34.7 Å². The molecular weight excluding hydrogens is 328 g/mol. The Kier molecular flexibility index (Phi) is 6.92. The fourth-order valence-electron chi connectivity index (χ4n) is 2.06. The third-order valence-electron chi connectivity index (χ3n) is 3.24. The van der Waals surface area contributed by atoms with Gasteiger partial charge in [-0.15, -0.1) is 5.10 Å². The van der Waals surface area contributed by atoms with Crippen molar-refractivity contribution >= 4 is 23.4 Å². The molecule has 0 atom stereocenters. The summed E-state index contributed by atoms with van der Waals surface area (Å²) in [5, 5.41) is 9.75. The van der Waals surface area contributed by atoms with Gasteiger partial charge in [-0.25, -0.2) is 9.89 Å². The number of thioether (sulfide) groups is 1. The van der Waals surface area contributed by atoms with Crippen LogP contribution in [-0.4, -0.2) is 33.0 Å². The first-order valence-corrected chi connectivity index (χ1v) is 8.93. The Morgan fingerprint density at radius 1 is 1.33 bits per heavy atom. The maximum absolute atomic E-state index is 12.0. The third kappa shape index (κ3) is 5.16. The number of nitrogens with zero attached hydrogens (tertiary/aromatic N) is 2. The first-order valence-electron chi connectivity index (χ1n) is 7.94. The lowest BCUT2D eigenvalue weighted by Gasteiger charge is -2.07. The molecule has 0 aliphatic heterocycles. The van der Waals surface area contributed by atoms with E-state index in [-0.39, 0.29) is 17.3 Å². The minimum Gasteiger partial charge on any atom is -0.494 e. The highest BCUT2D eigenvalue weighted by Gasteiger charge is 2.11.